The van der Waals surface area contributed by atoms with Crippen molar-refractivity contribution < 1.29 is 13.7 Å². The number of carbonyl (C=O) groups excluding carboxylic acids is 1. The first kappa shape index (κ1) is 19.8. The molecular weight excluding hydrogens is 421 g/mol. The molecule has 3 heterocycles. The van der Waals surface area contributed by atoms with Crippen LogP contribution in [0.4, 0.5) is 4.39 Å². The van der Waals surface area contributed by atoms with Gasteiger partial charge in [-0.15, -0.1) is 0 Å². The number of nitrogens with zero attached hydrogens (tertiary/aromatic N) is 5. The third-order valence-corrected chi connectivity index (χ3v) is 6.73. The van der Waals surface area contributed by atoms with Gasteiger partial charge in [0.05, 0.1) is 5.41 Å². The number of hydrogen-bond donors (Lipinski definition) is 0. The van der Waals surface area contributed by atoms with E-state index < -0.39 is 5.41 Å². The molecule has 33 heavy (non-hydrogen) atoms. The van der Waals surface area contributed by atoms with E-state index in [0.717, 1.165) is 29.7 Å². The van der Waals surface area contributed by atoms with Gasteiger partial charge in [0, 0.05) is 43.4 Å². The summed E-state index contributed by atoms with van der Waals surface area (Å²) in [5, 5.41) is 8.65. The van der Waals surface area contributed by atoms with Gasteiger partial charge in [0.25, 0.3) is 5.89 Å². The van der Waals surface area contributed by atoms with Gasteiger partial charge in [0.2, 0.25) is 11.7 Å². The fraction of sp³-hybridized carbons (Fsp3) is 0.280. The molecule has 1 aliphatic carbocycles. The molecule has 2 aromatic heterocycles. The normalized spacial score (nSPS) is 16.5. The fourth-order valence-electron chi connectivity index (χ4n) is 4.81. The van der Waals surface area contributed by atoms with Crippen LogP contribution in [0.1, 0.15) is 29.7 Å². The van der Waals surface area contributed by atoms with Gasteiger partial charge in [0.1, 0.15) is 5.82 Å². The summed E-state index contributed by atoms with van der Waals surface area (Å²) >= 11 is 0. The van der Waals surface area contributed by atoms with Crippen LogP contribution in [-0.2, 0) is 30.2 Å². The van der Waals surface area contributed by atoms with Gasteiger partial charge in [-0.05, 0) is 30.5 Å². The Morgan fingerprint density at radius 3 is 2.70 bits per heavy atom. The molecule has 6 rings (SSSR count). The molecule has 0 atom stereocenters. The van der Waals surface area contributed by atoms with Crippen LogP contribution in [0.15, 0.2) is 59.1 Å². The average Bonchev–Trinajstić information content (AvgIpc) is 3.39. The van der Waals surface area contributed by atoms with Crippen molar-refractivity contribution in [2.24, 2.45) is 7.05 Å². The van der Waals surface area contributed by atoms with Gasteiger partial charge < -0.3 is 9.42 Å². The van der Waals surface area contributed by atoms with Gasteiger partial charge in [-0.3, -0.25) is 9.48 Å². The number of aryl methyl sites for hydroxylation is 1. The molecule has 0 radical (unpaired) electrons. The van der Waals surface area contributed by atoms with Crippen molar-refractivity contribution in [3.8, 4) is 23.0 Å². The van der Waals surface area contributed by atoms with E-state index in [0.29, 0.717) is 36.6 Å². The van der Waals surface area contributed by atoms with Crippen LogP contribution in [0, 0.1) is 5.82 Å². The molecule has 0 unspecified atom stereocenters. The highest BCUT2D eigenvalue weighted by Gasteiger charge is 2.53. The third-order valence-electron chi connectivity index (χ3n) is 6.73. The molecule has 1 saturated carbocycles. The Morgan fingerprint density at radius 2 is 1.94 bits per heavy atom. The van der Waals surface area contributed by atoms with E-state index in [2.05, 4.69) is 15.2 Å². The largest absolute Gasteiger partial charge is 0.337 e. The predicted octanol–water partition coefficient (Wildman–Crippen LogP) is 3.89. The molecule has 0 bridgehead atoms. The number of aromatic nitrogens is 4. The quantitative estimate of drug-likeness (QED) is 0.478. The molecule has 4 aromatic rings. The highest BCUT2D eigenvalue weighted by atomic mass is 19.1. The van der Waals surface area contributed by atoms with Crippen LogP contribution in [-0.4, -0.2) is 37.3 Å². The van der Waals surface area contributed by atoms with Gasteiger partial charge in [-0.2, -0.15) is 10.1 Å². The zero-order valence-corrected chi connectivity index (χ0v) is 18.2. The Hall–Kier alpha value is -3.81. The van der Waals surface area contributed by atoms with E-state index in [4.69, 9.17) is 4.52 Å². The van der Waals surface area contributed by atoms with Crippen molar-refractivity contribution in [1.82, 2.24) is 24.8 Å². The van der Waals surface area contributed by atoms with Crippen molar-refractivity contribution in [1.29, 1.82) is 0 Å². The van der Waals surface area contributed by atoms with Crippen molar-refractivity contribution in [3.05, 3.63) is 77.2 Å². The molecule has 0 saturated heterocycles. The second-order valence-corrected chi connectivity index (χ2v) is 8.76. The van der Waals surface area contributed by atoms with E-state index in [1.165, 1.54) is 12.1 Å². The third kappa shape index (κ3) is 3.25. The zero-order chi connectivity index (χ0) is 22.6. The van der Waals surface area contributed by atoms with Crippen molar-refractivity contribution in [2.75, 3.05) is 6.54 Å². The van der Waals surface area contributed by atoms with Gasteiger partial charge in [-0.1, -0.05) is 47.6 Å². The summed E-state index contributed by atoms with van der Waals surface area (Å²) in [6, 6.07) is 16.1. The second-order valence-electron chi connectivity index (χ2n) is 8.76. The minimum absolute atomic E-state index is 0.167. The Labute approximate surface area is 189 Å². The summed E-state index contributed by atoms with van der Waals surface area (Å²) in [7, 11) is 1.88. The lowest BCUT2D eigenvalue weighted by atomic mass is 9.93. The molecule has 0 N–H and O–H groups in total. The predicted molar refractivity (Wildman–Crippen MR) is 118 cm³/mol. The van der Waals surface area contributed by atoms with E-state index >= 15 is 0 Å². The first-order chi connectivity index (χ1) is 16.0. The number of rotatable bonds is 4. The maximum absolute atomic E-state index is 13.6. The number of fused-ring (bicyclic) bond motifs is 1. The van der Waals surface area contributed by atoms with E-state index in [9.17, 15) is 9.18 Å². The molecular formula is C25H22FN5O2. The Kier molecular flexibility index (Phi) is 4.43. The average molecular weight is 443 g/mol. The minimum Gasteiger partial charge on any atom is -0.337 e. The highest BCUT2D eigenvalue weighted by molar-refractivity contribution is 5.91. The van der Waals surface area contributed by atoms with Crippen molar-refractivity contribution in [3.63, 3.8) is 0 Å². The second kappa shape index (κ2) is 7.37. The summed E-state index contributed by atoms with van der Waals surface area (Å²) in [6.45, 7) is 1.10. The smallest absolute Gasteiger partial charge is 0.279 e. The summed E-state index contributed by atoms with van der Waals surface area (Å²) < 4.78 is 20.9. The van der Waals surface area contributed by atoms with Crippen LogP contribution in [0.2, 0.25) is 0 Å². The summed E-state index contributed by atoms with van der Waals surface area (Å²) in [5.74, 6) is 0.369. The van der Waals surface area contributed by atoms with Crippen LogP contribution >= 0.6 is 0 Å². The van der Waals surface area contributed by atoms with Crippen molar-refractivity contribution >= 4 is 5.91 Å². The molecule has 0 spiro atoms. The van der Waals surface area contributed by atoms with Crippen molar-refractivity contribution in [2.45, 2.75) is 31.2 Å². The summed E-state index contributed by atoms with van der Waals surface area (Å²) in [5.41, 5.74) is 3.77. The first-order valence-electron chi connectivity index (χ1n) is 11.0. The van der Waals surface area contributed by atoms with Crippen LogP contribution in [0.5, 0.6) is 0 Å². The molecule has 2 aromatic carbocycles. The first-order valence-corrected chi connectivity index (χ1v) is 11.0. The van der Waals surface area contributed by atoms with Gasteiger partial charge >= 0.3 is 0 Å². The minimum atomic E-state index is -0.407. The van der Waals surface area contributed by atoms with E-state index in [1.54, 1.807) is 12.1 Å². The molecule has 8 heteroatoms. The topological polar surface area (TPSA) is 77.1 Å². The molecule has 1 amide bonds. The number of hydrogen-bond acceptors (Lipinski definition) is 5. The maximum atomic E-state index is 13.6. The fourth-order valence-corrected chi connectivity index (χ4v) is 4.81. The lowest BCUT2D eigenvalue weighted by Gasteiger charge is -2.31. The number of halogens is 1. The molecule has 166 valence electrons. The highest BCUT2D eigenvalue weighted by Crippen LogP contribution is 2.50. The Morgan fingerprint density at radius 1 is 1.12 bits per heavy atom. The van der Waals surface area contributed by atoms with Gasteiger partial charge in [-0.25, -0.2) is 4.39 Å². The standard InChI is InChI=1S/C25H22FN5O2/c1-30-20-10-13-31(24(32)25(11-12-25)17-7-3-2-4-8-17)15-19(20)21(28-30)23-27-22(29-33-23)16-6-5-9-18(26)14-16/h2-9,14H,10-13,15H2,1H3. The van der Waals surface area contributed by atoms with E-state index in [1.807, 2.05) is 47.0 Å². The Balaban J connectivity index is 1.31. The summed E-state index contributed by atoms with van der Waals surface area (Å²) in [4.78, 5) is 20.0. The number of carbonyl (C=O) groups is 1. The SMILES string of the molecule is Cn1nc(-c2nc(-c3cccc(F)c3)no2)c2c1CCN(C(=O)C1(c3ccccc3)CC1)C2. The van der Waals surface area contributed by atoms with Crippen LogP contribution < -0.4 is 0 Å². The Bertz CT molecular complexity index is 1360. The van der Waals surface area contributed by atoms with Crippen LogP contribution in [0.25, 0.3) is 23.0 Å². The monoisotopic (exact) mass is 443 g/mol. The summed E-state index contributed by atoms with van der Waals surface area (Å²) in [6.07, 6.45) is 2.46. The molecule has 1 aliphatic heterocycles. The maximum Gasteiger partial charge on any atom is 0.279 e. The zero-order valence-electron chi connectivity index (χ0n) is 18.2. The lowest BCUT2D eigenvalue weighted by molar-refractivity contribution is -0.134. The van der Waals surface area contributed by atoms with E-state index in [-0.39, 0.29) is 17.6 Å². The van der Waals surface area contributed by atoms with Crippen LogP contribution in [0.3, 0.4) is 0 Å². The molecule has 7 nitrogen and oxygen atoms in total. The lowest BCUT2D eigenvalue weighted by Crippen LogP contribution is -2.42. The molecule has 1 fully saturated rings. The number of benzene rings is 2. The molecule has 2 aliphatic rings. The number of amides is 1. The van der Waals surface area contributed by atoms with Gasteiger partial charge in [0.15, 0.2) is 5.69 Å².